The fraction of sp³-hybridized carbons (Fsp3) is 0.0444. The van der Waals surface area contributed by atoms with Crippen LogP contribution in [0.3, 0.4) is 0 Å². The van der Waals surface area contributed by atoms with E-state index in [4.69, 9.17) is 44.9 Å². The van der Waals surface area contributed by atoms with Crippen LogP contribution >= 0.6 is 0 Å². The van der Waals surface area contributed by atoms with E-state index in [0.717, 1.165) is 83.5 Å². The fourth-order valence-electron chi connectivity index (χ4n) is 22.3. The standard InChI is InChI=1S/3C45H33N3Si/c1-49(2)40-19-11-18-39(41(40)38-29-28-34-16-9-10-17-37(34)42(38)49)45-47-43(35-24-20-32(21-25-35)30-12-5-3-6-13-30)46-44(48-45)36-26-22-33(23-27-36)31-14-7-4-8-15-31;1-49(2)41-29-37(26-27-39(41)40-28-25-34-15-9-10-16-38(34)42(40)49)45-47-43(35-21-17-32(18-22-35)30-11-5-3-6-12-30)46-44(48-45)36-23-19-33(20-24-36)31-13-7-4-8-14-31;1-49(2)41-28-26-37(29-40(41)39-27-25-34-15-9-10-16-38(34)42(39)49)45-47-43(35-21-17-32(18-22-35)30-11-5-3-6-12-30)46-44(48-45)36-23-19-33(20-24-36)31-13-7-4-8-14-31/h3*3-29H,1-2H3. The van der Waals surface area contributed by atoms with Gasteiger partial charge in [0.2, 0.25) is 0 Å². The van der Waals surface area contributed by atoms with Gasteiger partial charge in [-0.25, -0.2) is 44.9 Å². The minimum atomic E-state index is -2.01. The Morgan fingerprint density at radius 3 is 0.680 bits per heavy atom. The van der Waals surface area contributed by atoms with Crippen molar-refractivity contribution in [2.75, 3.05) is 0 Å². The van der Waals surface area contributed by atoms with Crippen LogP contribution in [0.25, 0.3) is 235 Å². The number of hydrogen-bond acceptors (Lipinski definition) is 9. The Morgan fingerprint density at radius 2 is 0.354 bits per heavy atom. The van der Waals surface area contributed by atoms with Crippen LogP contribution in [0.2, 0.25) is 39.3 Å². The van der Waals surface area contributed by atoms with Gasteiger partial charge in [0.25, 0.3) is 0 Å². The maximum atomic E-state index is 5.22. The highest BCUT2D eigenvalue weighted by atomic mass is 28.3. The number of aromatic nitrogens is 9. The van der Waals surface area contributed by atoms with Crippen molar-refractivity contribution in [2.24, 2.45) is 0 Å². The molecule has 0 fully saturated rings. The molecule has 3 aliphatic rings. The predicted octanol–water partition coefficient (Wildman–Crippen LogP) is 30.5. The summed E-state index contributed by atoms with van der Waals surface area (Å²) >= 11 is 0. The molecule has 0 atom stereocenters. The van der Waals surface area contributed by atoms with Gasteiger partial charge in [0.1, 0.15) is 24.2 Å². The molecule has 147 heavy (non-hydrogen) atoms. The number of rotatable bonds is 15. The molecule has 3 aromatic heterocycles. The van der Waals surface area contributed by atoms with Gasteiger partial charge in [0.05, 0.1) is 0 Å². The van der Waals surface area contributed by atoms with E-state index in [1.807, 2.05) is 36.4 Å². The molecule has 0 radical (unpaired) electrons. The van der Waals surface area contributed by atoms with Crippen LogP contribution in [0.5, 0.6) is 0 Å². The molecular weight excluding hydrogens is 1830 g/mol. The maximum Gasteiger partial charge on any atom is 0.164 e. The molecular formula is C135H99N9Si3. The second-order valence-electron chi connectivity index (χ2n) is 39.8. The van der Waals surface area contributed by atoms with E-state index in [1.54, 1.807) is 0 Å². The Bertz CT molecular complexity index is 8850. The topological polar surface area (TPSA) is 116 Å². The molecule has 24 aromatic rings. The number of hydrogen-bond donors (Lipinski definition) is 0. The molecule has 0 aliphatic carbocycles. The molecule has 27 rings (SSSR count). The number of fused-ring (bicyclic) bond motifs is 15. The van der Waals surface area contributed by atoms with Gasteiger partial charge in [-0.05, 0) is 170 Å². The first kappa shape index (κ1) is 90.4. The molecule has 0 saturated heterocycles. The van der Waals surface area contributed by atoms with Crippen LogP contribution in [0.1, 0.15) is 0 Å². The largest absolute Gasteiger partial charge is 0.208 e. The monoisotopic (exact) mass is 1930 g/mol. The summed E-state index contributed by atoms with van der Waals surface area (Å²) in [6.45, 7) is 14.8. The summed E-state index contributed by atoms with van der Waals surface area (Å²) in [6, 6.07) is 174. The molecule has 0 bridgehead atoms. The average Bonchev–Trinajstić information content (AvgIpc) is 1.58. The lowest BCUT2D eigenvalue weighted by atomic mass is 9.96. The summed E-state index contributed by atoms with van der Waals surface area (Å²) in [5.41, 5.74) is 30.8. The minimum Gasteiger partial charge on any atom is -0.208 e. The predicted molar refractivity (Wildman–Crippen MR) is 620 cm³/mol. The van der Waals surface area contributed by atoms with Crippen molar-refractivity contribution in [1.82, 2.24) is 44.9 Å². The van der Waals surface area contributed by atoms with Crippen molar-refractivity contribution in [3.05, 3.63) is 491 Å². The molecule has 0 saturated carbocycles. The molecule has 696 valence electrons. The minimum absolute atomic E-state index is 0.661. The summed E-state index contributed by atoms with van der Waals surface area (Å²) in [5, 5.41) is 16.9. The van der Waals surface area contributed by atoms with Gasteiger partial charge in [-0.15, -0.1) is 0 Å². The van der Waals surface area contributed by atoms with Crippen molar-refractivity contribution in [3.63, 3.8) is 0 Å². The highest BCUT2D eigenvalue weighted by molar-refractivity contribution is 7.06. The molecule has 6 heterocycles. The first-order valence-corrected chi connectivity index (χ1v) is 59.4. The van der Waals surface area contributed by atoms with Crippen LogP contribution in [-0.2, 0) is 0 Å². The zero-order valence-electron chi connectivity index (χ0n) is 82.3. The zero-order valence-corrected chi connectivity index (χ0v) is 85.3. The second kappa shape index (κ2) is 37.7. The lowest BCUT2D eigenvalue weighted by Crippen LogP contribution is -2.49. The number of benzene rings is 21. The van der Waals surface area contributed by atoms with Gasteiger partial charge < -0.3 is 0 Å². The molecule has 9 nitrogen and oxygen atoms in total. The van der Waals surface area contributed by atoms with E-state index in [9.17, 15) is 0 Å². The normalized spacial score (nSPS) is 12.9. The summed E-state index contributed by atoms with van der Waals surface area (Å²) in [7, 11) is -5.94. The van der Waals surface area contributed by atoms with Gasteiger partial charge in [-0.3, -0.25) is 0 Å². The third kappa shape index (κ3) is 17.0. The Hall–Kier alpha value is -17.9. The quantitative estimate of drug-likeness (QED) is 0.0925. The zero-order chi connectivity index (χ0) is 98.9. The fourth-order valence-corrected chi connectivity index (χ4v) is 32.6. The van der Waals surface area contributed by atoms with E-state index in [2.05, 4.69) is 494 Å². The van der Waals surface area contributed by atoms with Crippen molar-refractivity contribution in [1.29, 1.82) is 0 Å². The maximum absolute atomic E-state index is 5.22. The summed E-state index contributed by atoms with van der Waals surface area (Å²) < 4.78 is 0. The second-order valence-corrected chi connectivity index (χ2v) is 52.7. The summed E-state index contributed by atoms with van der Waals surface area (Å²) in [4.78, 5) is 46.2. The molecule has 12 heteroatoms. The van der Waals surface area contributed by atoms with Gasteiger partial charge >= 0.3 is 0 Å². The summed E-state index contributed by atoms with van der Waals surface area (Å²) in [6.07, 6.45) is 0. The van der Waals surface area contributed by atoms with Gasteiger partial charge in [-0.2, -0.15) is 0 Å². The van der Waals surface area contributed by atoms with Crippen LogP contribution in [0.15, 0.2) is 491 Å². The van der Waals surface area contributed by atoms with Crippen LogP contribution in [-0.4, -0.2) is 69.1 Å². The lowest BCUT2D eigenvalue weighted by molar-refractivity contribution is 1.07. The highest BCUT2D eigenvalue weighted by Gasteiger charge is 2.43. The van der Waals surface area contributed by atoms with Crippen molar-refractivity contribution in [3.8, 4) is 203 Å². The SMILES string of the molecule is C[Si]1(C)c2cc(-c3nc(-c4ccc(-c5ccccc5)cc4)nc(-c4ccc(-c5ccccc5)cc4)n3)ccc2-c2ccc3ccccc3c21.C[Si]1(C)c2ccc(-c3nc(-c4ccc(-c5ccccc5)cc4)nc(-c4ccc(-c5ccccc5)cc4)n3)cc2-c2ccc3ccccc3c21.C[Si]1(C)c2cccc(-c3nc(-c4ccc(-c5ccccc5)cc4)nc(-c4ccc(-c5ccccc5)cc4)n3)c2-c2ccc3ccccc3c21. The lowest BCUT2D eigenvalue weighted by Gasteiger charge is -2.21. The van der Waals surface area contributed by atoms with E-state index < -0.39 is 24.2 Å². The average molecular weight is 1930 g/mol. The van der Waals surface area contributed by atoms with E-state index in [1.165, 1.54) is 130 Å². The van der Waals surface area contributed by atoms with E-state index in [0.29, 0.717) is 52.4 Å². The van der Waals surface area contributed by atoms with Gasteiger partial charge in [0, 0.05) is 50.1 Å². The van der Waals surface area contributed by atoms with Gasteiger partial charge in [0.15, 0.2) is 52.4 Å². The third-order valence-electron chi connectivity index (χ3n) is 29.8. The number of nitrogens with zero attached hydrogens (tertiary/aromatic N) is 9. The Labute approximate surface area is 859 Å². The molecule has 21 aromatic carbocycles. The summed E-state index contributed by atoms with van der Waals surface area (Å²) in [5.74, 6) is 6.04. The molecule has 3 aliphatic heterocycles. The highest BCUT2D eigenvalue weighted by Crippen LogP contribution is 2.44. The van der Waals surface area contributed by atoms with E-state index >= 15 is 0 Å². The Kier molecular flexibility index (Phi) is 23.2. The first-order valence-electron chi connectivity index (χ1n) is 50.4. The van der Waals surface area contributed by atoms with Crippen molar-refractivity contribution in [2.45, 2.75) is 39.3 Å². The van der Waals surface area contributed by atoms with Crippen molar-refractivity contribution < 1.29 is 0 Å². The first-order chi connectivity index (χ1) is 72.1. The third-order valence-corrected chi connectivity index (χ3v) is 40.5. The molecule has 0 N–H and O–H groups in total. The smallest absolute Gasteiger partial charge is 0.164 e. The molecule has 0 unspecified atom stereocenters. The molecule has 0 spiro atoms. The van der Waals surface area contributed by atoms with Crippen LogP contribution < -0.4 is 31.1 Å². The van der Waals surface area contributed by atoms with E-state index in [-0.39, 0.29) is 0 Å². The van der Waals surface area contributed by atoms with Crippen LogP contribution in [0, 0.1) is 0 Å². The Balaban J connectivity index is 0.000000115. The Morgan fingerprint density at radius 1 is 0.129 bits per heavy atom. The van der Waals surface area contributed by atoms with Crippen molar-refractivity contribution >= 4 is 87.7 Å². The molecule has 0 amide bonds. The van der Waals surface area contributed by atoms with Crippen LogP contribution in [0.4, 0.5) is 0 Å². The van der Waals surface area contributed by atoms with Gasteiger partial charge in [-0.1, -0.05) is 525 Å².